The Labute approximate surface area is 246 Å². The SMILES string of the molecule is C[C@]12CC/C(=N\OCC(=O)N[C@H](Cc3c[nH]c4ccc(O)cc34)C(=O)O)C=C1CC[C@@H]1[C@@H]2CC[C@@]2(C)[C@H]1CC[C@]2(C)O. The van der Waals surface area contributed by atoms with E-state index in [0.717, 1.165) is 62.6 Å². The lowest BCUT2D eigenvalue weighted by Crippen LogP contribution is -2.53. The molecule has 4 aliphatic carbocycles. The van der Waals surface area contributed by atoms with Gasteiger partial charge in [-0.3, -0.25) is 4.79 Å². The molecular formula is C33H43N3O6. The number of benzene rings is 1. The van der Waals surface area contributed by atoms with Crippen molar-refractivity contribution in [2.45, 2.75) is 90.2 Å². The van der Waals surface area contributed by atoms with E-state index >= 15 is 0 Å². The van der Waals surface area contributed by atoms with Crippen molar-refractivity contribution in [2.75, 3.05) is 6.61 Å². The van der Waals surface area contributed by atoms with Gasteiger partial charge in [-0.05, 0) is 117 Å². The molecule has 5 N–H and O–H groups in total. The Morgan fingerprint density at radius 1 is 1.12 bits per heavy atom. The Morgan fingerprint density at radius 2 is 1.90 bits per heavy atom. The van der Waals surface area contributed by atoms with Crippen molar-refractivity contribution >= 4 is 28.5 Å². The molecule has 0 saturated heterocycles. The highest BCUT2D eigenvalue weighted by molar-refractivity contribution is 5.96. The molecule has 9 nitrogen and oxygen atoms in total. The molecule has 0 radical (unpaired) electrons. The number of phenolic OH excluding ortho intramolecular Hbond substituents is 1. The lowest BCUT2D eigenvalue weighted by Gasteiger charge is -2.59. The number of hydrogen-bond donors (Lipinski definition) is 5. The van der Waals surface area contributed by atoms with E-state index < -0.39 is 23.5 Å². The highest BCUT2D eigenvalue weighted by atomic mass is 16.6. The summed E-state index contributed by atoms with van der Waals surface area (Å²) in [6.07, 6.45) is 12.1. The summed E-state index contributed by atoms with van der Waals surface area (Å²) in [6.45, 7) is 6.41. The zero-order valence-electron chi connectivity index (χ0n) is 24.8. The molecule has 4 aliphatic rings. The van der Waals surface area contributed by atoms with Crippen molar-refractivity contribution in [3.63, 3.8) is 0 Å². The summed E-state index contributed by atoms with van der Waals surface area (Å²) >= 11 is 0. The van der Waals surface area contributed by atoms with Crippen LogP contribution in [0, 0.1) is 28.6 Å². The predicted octanol–water partition coefficient (Wildman–Crippen LogP) is 5.07. The lowest BCUT2D eigenvalue weighted by molar-refractivity contribution is -0.142. The summed E-state index contributed by atoms with van der Waals surface area (Å²) in [5.74, 6) is 0.227. The number of aliphatic carboxylic acids is 1. The van der Waals surface area contributed by atoms with Crippen LogP contribution in [0.15, 0.2) is 41.2 Å². The molecule has 1 amide bonds. The molecule has 3 fully saturated rings. The van der Waals surface area contributed by atoms with Crippen LogP contribution in [0.3, 0.4) is 0 Å². The van der Waals surface area contributed by atoms with E-state index in [9.17, 15) is 24.9 Å². The zero-order chi connectivity index (χ0) is 29.9. The summed E-state index contributed by atoms with van der Waals surface area (Å²) in [4.78, 5) is 33.0. The van der Waals surface area contributed by atoms with Gasteiger partial charge in [-0.2, -0.15) is 0 Å². The monoisotopic (exact) mass is 577 g/mol. The quantitative estimate of drug-likeness (QED) is 0.291. The minimum absolute atomic E-state index is 0.0134. The van der Waals surface area contributed by atoms with Gasteiger partial charge in [0.15, 0.2) is 6.61 Å². The van der Waals surface area contributed by atoms with Gasteiger partial charge < -0.3 is 30.5 Å². The second-order valence-corrected chi connectivity index (χ2v) is 13.8. The average Bonchev–Trinajstić information content (AvgIpc) is 3.44. The number of allylic oxidation sites excluding steroid dienone is 2. The first-order chi connectivity index (χ1) is 19.9. The summed E-state index contributed by atoms with van der Waals surface area (Å²) in [6, 6.07) is 3.69. The number of phenols is 1. The first-order valence-electron chi connectivity index (χ1n) is 15.3. The normalized spacial score (nSPS) is 35.6. The number of hydrogen-bond acceptors (Lipinski definition) is 6. The second kappa shape index (κ2) is 10.4. The highest BCUT2D eigenvalue weighted by Crippen LogP contribution is 2.67. The Balaban J connectivity index is 1.07. The van der Waals surface area contributed by atoms with E-state index in [2.05, 4.69) is 35.4 Å². The molecule has 42 heavy (non-hydrogen) atoms. The highest BCUT2D eigenvalue weighted by Gasteiger charge is 2.62. The number of carbonyl (C=O) groups is 2. The van der Waals surface area contributed by atoms with Gasteiger partial charge in [0.2, 0.25) is 0 Å². The maximum atomic E-state index is 12.6. The van der Waals surface area contributed by atoms with Gasteiger partial charge in [-0.1, -0.05) is 24.6 Å². The third-order valence-electron chi connectivity index (χ3n) is 11.7. The van der Waals surface area contributed by atoms with Crippen molar-refractivity contribution in [1.29, 1.82) is 0 Å². The topological polar surface area (TPSA) is 144 Å². The number of rotatable bonds is 7. The fraction of sp³-hybridized carbons (Fsp3) is 0.606. The lowest BCUT2D eigenvalue weighted by atomic mass is 9.46. The van der Waals surface area contributed by atoms with E-state index in [1.807, 2.05) is 6.92 Å². The standard InChI is InChI=1S/C33H43N3O6/c1-31-11-8-21(15-20(31)4-6-23-25(31)9-12-32(2)26(23)10-13-33(32,3)41)36-42-18-29(38)35-28(30(39)40)14-19-17-34-27-7-5-22(37)16-24(19)27/h5,7,15-17,23,25-26,28,34,37,41H,4,6,8-14,18H2,1-3H3,(H,35,38)(H,39,40)/b36-21+/t23-,25+,26+,28-,31+,32+,33+/m1/s1. The number of fused-ring (bicyclic) bond motifs is 6. The molecule has 1 aromatic carbocycles. The van der Waals surface area contributed by atoms with Gasteiger partial charge in [0.1, 0.15) is 11.8 Å². The summed E-state index contributed by atoms with van der Waals surface area (Å²) in [5, 5.41) is 38.2. The fourth-order valence-electron chi connectivity index (χ4n) is 9.05. The number of oxime groups is 1. The van der Waals surface area contributed by atoms with Crippen LogP contribution in [0.1, 0.15) is 77.7 Å². The molecule has 2 aromatic rings. The third-order valence-corrected chi connectivity index (χ3v) is 11.7. The van der Waals surface area contributed by atoms with Gasteiger partial charge in [-0.25, -0.2) is 4.79 Å². The van der Waals surface area contributed by atoms with Crippen LogP contribution in [-0.2, 0) is 20.8 Å². The number of aromatic amines is 1. The smallest absolute Gasteiger partial charge is 0.326 e. The van der Waals surface area contributed by atoms with Crippen molar-refractivity contribution in [3.05, 3.63) is 41.6 Å². The molecule has 0 spiro atoms. The number of nitrogens with one attached hydrogen (secondary N) is 2. The summed E-state index contributed by atoms with van der Waals surface area (Å²) in [7, 11) is 0. The molecule has 7 atom stereocenters. The number of carboxylic acids is 1. The van der Waals surface area contributed by atoms with Crippen molar-refractivity contribution < 1.29 is 29.7 Å². The minimum atomic E-state index is -1.15. The molecular weight excluding hydrogens is 534 g/mol. The van der Waals surface area contributed by atoms with Crippen LogP contribution in [-0.4, -0.2) is 56.1 Å². The number of carboxylic acid groups (broad SMARTS) is 1. The van der Waals surface area contributed by atoms with Gasteiger partial charge in [0, 0.05) is 23.5 Å². The number of aromatic hydroxyl groups is 1. The molecule has 0 aliphatic heterocycles. The van der Waals surface area contributed by atoms with E-state index in [1.165, 1.54) is 5.57 Å². The maximum absolute atomic E-state index is 12.6. The summed E-state index contributed by atoms with van der Waals surface area (Å²) < 4.78 is 0. The van der Waals surface area contributed by atoms with Crippen molar-refractivity contribution in [3.8, 4) is 5.75 Å². The number of aromatic nitrogens is 1. The molecule has 3 saturated carbocycles. The van der Waals surface area contributed by atoms with Crippen LogP contribution in [0.2, 0.25) is 0 Å². The first-order valence-corrected chi connectivity index (χ1v) is 15.3. The number of H-pyrrole nitrogens is 1. The van der Waals surface area contributed by atoms with Crippen LogP contribution in [0.4, 0.5) is 0 Å². The van der Waals surface area contributed by atoms with E-state index in [0.29, 0.717) is 28.7 Å². The van der Waals surface area contributed by atoms with Gasteiger partial charge in [0.25, 0.3) is 5.91 Å². The van der Waals surface area contributed by atoms with Crippen LogP contribution >= 0.6 is 0 Å². The second-order valence-electron chi connectivity index (χ2n) is 13.8. The van der Waals surface area contributed by atoms with E-state index in [-0.39, 0.29) is 29.6 Å². The van der Waals surface area contributed by atoms with E-state index in [4.69, 9.17) is 4.84 Å². The number of aliphatic hydroxyl groups is 1. The zero-order valence-corrected chi connectivity index (χ0v) is 24.8. The van der Waals surface area contributed by atoms with Gasteiger partial charge in [-0.15, -0.1) is 0 Å². The average molecular weight is 578 g/mol. The maximum Gasteiger partial charge on any atom is 0.326 e. The minimum Gasteiger partial charge on any atom is -0.508 e. The largest absolute Gasteiger partial charge is 0.508 e. The molecule has 0 bridgehead atoms. The number of amides is 1. The Kier molecular flexibility index (Phi) is 7.15. The molecule has 0 unspecified atom stereocenters. The van der Waals surface area contributed by atoms with E-state index in [1.54, 1.807) is 24.4 Å². The van der Waals surface area contributed by atoms with Crippen LogP contribution in [0.25, 0.3) is 10.9 Å². The van der Waals surface area contributed by atoms with Crippen molar-refractivity contribution in [2.24, 2.45) is 33.7 Å². The van der Waals surface area contributed by atoms with Gasteiger partial charge in [0.05, 0.1) is 11.3 Å². The van der Waals surface area contributed by atoms with Crippen molar-refractivity contribution in [1.82, 2.24) is 10.3 Å². The first kappa shape index (κ1) is 28.8. The Morgan fingerprint density at radius 3 is 2.69 bits per heavy atom. The van der Waals surface area contributed by atoms with Crippen LogP contribution in [0.5, 0.6) is 5.75 Å². The van der Waals surface area contributed by atoms with Crippen LogP contribution < -0.4 is 5.32 Å². The molecule has 1 aromatic heterocycles. The molecule has 226 valence electrons. The number of carbonyl (C=O) groups excluding carboxylic acids is 1. The van der Waals surface area contributed by atoms with Gasteiger partial charge >= 0.3 is 5.97 Å². The Hall–Kier alpha value is -3.33. The predicted molar refractivity (Wildman–Crippen MR) is 159 cm³/mol. The number of nitrogens with zero attached hydrogens (tertiary/aromatic N) is 1. The fourth-order valence-corrected chi connectivity index (χ4v) is 9.05. The molecule has 6 rings (SSSR count). The summed E-state index contributed by atoms with van der Waals surface area (Å²) in [5.41, 5.74) is 3.28. The molecule has 9 heteroatoms. The molecule has 1 heterocycles. The third kappa shape index (κ3) is 4.79. The Bertz CT molecular complexity index is 1460.